The Kier molecular flexibility index (Phi) is 12.4. The molecule has 31 heavy (non-hydrogen) atoms. The third kappa shape index (κ3) is 11.6. The van der Waals surface area contributed by atoms with Crippen molar-refractivity contribution >= 4 is 23.7 Å². The van der Waals surface area contributed by atoms with Crippen LogP contribution in [-0.2, 0) is 11.4 Å². The van der Waals surface area contributed by atoms with Gasteiger partial charge in [0.2, 0.25) is 5.91 Å². The predicted octanol–water partition coefficient (Wildman–Crippen LogP) is 7.29. The fraction of sp³-hybridized carbons (Fsp3) is 0.462. The molecule has 2 aromatic rings. The first-order chi connectivity index (χ1) is 15.2. The summed E-state index contributed by atoms with van der Waals surface area (Å²) in [7, 11) is 0. The summed E-state index contributed by atoms with van der Waals surface area (Å²) in [5, 5.41) is 4.78. The van der Waals surface area contributed by atoms with Crippen LogP contribution in [-0.4, -0.2) is 12.1 Å². The maximum Gasteiger partial charge on any atom is 0.240 e. The van der Waals surface area contributed by atoms with E-state index in [0.29, 0.717) is 18.1 Å². The van der Waals surface area contributed by atoms with E-state index < -0.39 is 0 Å². The third-order valence-corrected chi connectivity index (χ3v) is 5.34. The van der Waals surface area contributed by atoms with Crippen molar-refractivity contribution in [1.82, 2.24) is 5.43 Å². The van der Waals surface area contributed by atoms with Gasteiger partial charge in [0.1, 0.15) is 12.4 Å². The number of ether oxygens (including phenoxy) is 1. The zero-order valence-electron chi connectivity index (χ0n) is 18.6. The van der Waals surface area contributed by atoms with E-state index in [1.165, 1.54) is 44.9 Å². The molecule has 0 saturated heterocycles. The Morgan fingerprint density at radius 3 is 2.35 bits per heavy atom. The smallest absolute Gasteiger partial charge is 0.240 e. The van der Waals surface area contributed by atoms with E-state index in [1.54, 1.807) is 6.21 Å². The van der Waals surface area contributed by atoms with Crippen LogP contribution < -0.4 is 10.2 Å². The SMILES string of the molecule is CCCCCCCCCCCC(=O)NN=Cc1cccc(OCc2ccc(Cl)cc2)c1. The monoisotopic (exact) mass is 442 g/mol. The van der Waals surface area contributed by atoms with Gasteiger partial charge in [0.15, 0.2) is 0 Å². The summed E-state index contributed by atoms with van der Waals surface area (Å²) in [6.07, 6.45) is 13.3. The van der Waals surface area contributed by atoms with Gasteiger partial charge in [0.05, 0.1) is 6.21 Å². The lowest BCUT2D eigenvalue weighted by atomic mass is 10.1. The van der Waals surface area contributed by atoms with Crippen LogP contribution in [0.5, 0.6) is 5.75 Å². The summed E-state index contributed by atoms with van der Waals surface area (Å²) in [4.78, 5) is 11.9. The number of unbranched alkanes of at least 4 members (excludes halogenated alkanes) is 8. The number of nitrogens with one attached hydrogen (secondary N) is 1. The topological polar surface area (TPSA) is 50.7 Å². The molecule has 0 bridgehead atoms. The number of hydrogen-bond donors (Lipinski definition) is 1. The van der Waals surface area contributed by atoms with Crippen LogP contribution in [0, 0.1) is 0 Å². The molecule has 2 rings (SSSR count). The van der Waals surface area contributed by atoms with Crippen LogP contribution >= 0.6 is 11.6 Å². The molecule has 0 aromatic heterocycles. The number of nitrogens with zero attached hydrogens (tertiary/aromatic N) is 1. The highest BCUT2D eigenvalue weighted by molar-refractivity contribution is 6.30. The molecule has 0 radical (unpaired) electrons. The molecule has 1 amide bonds. The van der Waals surface area contributed by atoms with E-state index in [-0.39, 0.29) is 5.91 Å². The van der Waals surface area contributed by atoms with Crippen LogP contribution in [0.25, 0.3) is 0 Å². The Morgan fingerprint density at radius 1 is 0.968 bits per heavy atom. The van der Waals surface area contributed by atoms with Crippen molar-refractivity contribution in [3.8, 4) is 5.75 Å². The Morgan fingerprint density at radius 2 is 1.65 bits per heavy atom. The molecule has 0 aliphatic heterocycles. The van der Waals surface area contributed by atoms with Gasteiger partial charge >= 0.3 is 0 Å². The van der Waals surface area contributed by atoms with Crippen molar-refractivity contribution in [3.05, 3.63) is 64.7 Å². The largest absolute Gasteiger partial charge is 0.489 e. The van der Waals surface area contributed by atoms with Gasteiger partial charge < -0.3 is 4.74 Å². The molecule has 5 heteroatoms. The number of halogens is 1. The van der Waals surface area contributed by atoms with Gasteiger partial charge in [-0.2, -0.15) is 5.10 Å². The highest BCUT2D eigenvalue weighted by atomic mass is 35.5. The van der Waals surface area contributed by atoms with Gasteiger partial charge in [-0.1, -0.05) is 94.2 Å². The van der Waals surface area contributed by atoms with Crippen molar-refractivity contribution < 1.29 is 9.53 Å². The lowest BCUT2D eigenvalue weighted by Crippen LogP contribution is -2.16. The molecule has 168 valence electrons. The van der Waals surface area contributed by atoms with Crippen LogP contribution in [0.4, 0.5) is 0 Å². The highest BCUT2D eigenvalue weighted by Crippen LogP contribution is 2.16. The molecule has 0 spiro atoms. The van der Waals surface area contributed by atoms with E-state index in [2.05, 4.69) is 17.5 Å². The van der Waals surface area contributed by atoms with E-state index >= 15 is 0 Å². The molecular weight excluding hydrogens is 408 g/mol. The van der Waals surface area contributed by atoms with Crippen LogP contribution in [0.3, 0.4) is 0 Å². The first kappa shape index (κ1) is 24.9. The minimum atomic E-state index is -0.0330. The molecule has 0 heterocycles. The minimum absolute atomic E-state index is 0.0330. The van der Waals surface area contributed by atoms with E-state index in [1.807, 2.05) is 48.5 Å². The molecule has 0 saturated carbocycles. The summed E-state index contributed by atoms with van der Waals surface area (Å²) in [5.74, 6) is 0.717. The van der Waals surface area contributed by atoms with Gasteiger partial charge in [-0.25, -0.2) is 5.43 Å². The molecular formula is C26H35ClN2O2. The summed E-state index contributed by atoms with van der Waals surface area (Å²) in [5.41, 5.74) is 4.54. The second kappa shape index (κ2) is 15.5. The third-order valence-electron chi connectivity index (χ3n) is 5.09. The molecule has 4 nitrogen and oxygen atoms in total. The van der Waals surface area contributed by atoms with Crippen LogP contribution in [0.1, 0.15) is 82.3 Å². The van der Waals surface area contributed by atoms with Gasteiger partial charge in [0.25, 0.3) is 0 Å². The van der Waals surface area contributed by atoms with Crippen molar-refractivity contribution in [1.29, 1.82) is 0 Å². The van der Waals surface area contributed by atoms with Gasteiger partial charge in [-0.05, 0) is 41.8 Å². The number of carbonyl (C=O) groups is 1. The fourth-order valence-corrected chi connectivity index (χ4v) is 3.39. The standard InChI is InChI=1S/C26H35ClN2O2/c1-2-3-4-5-6-7-8-9-10-14-26(30)29-28-20-23-12-11-13-25(19-23)31-21-22-15-17-24(27)18-16-22/h11-13,15-20H,2-10,14,21H2,1H3,(H,29,30). The molecule has 0 aliphatic rings. The van der Waals surface area contributed by atoms with Gasteiger partial charge in [0, 0.05) is 11.4 Å². The number of carbonyl (C=O) groups excluding carboxylic acids is 1. The summed E-state index contributed by atoms with van der Waals surface area (Å²) < 4.78 is 5.82. The maximum atomic E-state index is 11.9. The number of benzene rings is 2. The second-order valence-corrected chi connectivity index (χ2v) is 8.30. The highest BCUT2D eigenvalue weighted by Gasteiger charge is 2.01. The second-order valence-electron chi connectivity index (χ2n) is 7.86. The lowest BCUT2D eigenvalue weighted by Gasteiger charge is -2.07. The van der Waals surface area contributed by atoms with E-state index in [9.17, 15) is 4.79 Å². The van der Waals surface area contributed by atoms with Crippen molar-refractivity contribution in [2.75, 3.05) is 0 Å². The van der Waals surface area contributed by atoms with Crippen LogP contribution in [0.15, 0.2) is 53.6 Å². The molecule has 0 unspecified atom stereocenters. The normalized spacial score (nSPS) is 11.0. The average molecular weight is 443 g/mol. The first-order valence-electron chi connectivity index (χ1n) is 11.5. The van der Waals surface area contributed by atoms with Gasteiger partial charge in [-0.15, -0.1) is 0 Å². The molecule has 2 aromatic carbocycles. The summed E-state index contributed by atoms with van der Waals surface area (Å²) >= 11 is 5.90. The Hall–Kier alpha value is -2.33. The zero-order valence-corrected chi connectivity index (χ0v) is 19.4. The van der Waals surface area contributed by atoms with Crippen LogP contribution in [0.2, 0.25) is 5.02 Å². The minimum Gasteiger partial charge on any atom is -0.489 e. The van der Waals surface area contributed by atoms with Gasteiger partial charge in [-0.3, -0.25) is 4.79 Å². The van der Waals surface area contributed by atoms with E-state index in [4.69, 9.17) is 16.3 Å². The average Bonchev–Trinajstić information content (AvgIpc) is 2.78. The predicted molar refractivity (Wildman–Crippen MR) is 130 cm³/mol. The maximum absolute atomic E-state index is 11.9. The first-order valence-corrected chi connectivity index (χ1v) is 11.8. The zero-order chi connectivity index (χ0) is 22.2. The molecule has 0 fully saturated rings. The number of hydrogen-bond acceptors (Lipinski definition) is 3. The summed E-state index contributed by atoms with van der Waals surface area (Å²) in [6.45, 7) is 2.71. The molecule has 0 atom stereocenters. The van der Waals surface area contributed by atoms with E-state index in [0.717, 1.165) is 29.7 Å². The Bertz CT molecular complexity index is 790. The molecule has 0 aliphatic carbocycles. The number of hydrazone groups is 1. The van der Waals surface area contributed by atoms with Crippen molar-refractivity contribution in [3.63, 3.8) is 0 Å². The Labute approximate surface area is 192 Å². The number of rotatable bonds is 15. The fourth-order valence-electron chi connectivity index (χ4n) is 3.26. The van der Waals surface area contributed by atoms with Crippen molar-refractivity contribution in [2.24, 2.45) is 5.10 Å². The quantitative estimate of drug-likeness (QED) is 0.179. The summed E-state index contributed by atoms with van der Waals surface area (Å²) in [6, 6.07) is 15.2. The Balaban J connectivity index is 1.60. The van der Waals surface area contributed by atoms with Crippen molar-refractivity contribution in [2.45, 2.75) is 77.7 Å². The molecule has 1 N–H and O–H groups in total. The lowest BCUT2D eigenvalue weighted by molar-refractivity contribution is -0.121. The number of amides is 1.